The highest BCUT2D eigenvalue weighted by atomic mass is 35.5. The molecule has 0 unspecified atom stereocenters. The summed E-state index contributed by atoms with van der Waals surface area (Å²) < 4.78 is 23.1. The lowest BCUT2D eigenvalue weighted by Gasteiger charge is -2.09. The van der Waals surface area contributed by atoms with Gasteiger partial charge in [-0.05, 0) is 35.9 Å². The molecule has 0 saturated heterocycles. The minimum atomic E-state index is -3.26. The number of thioether (sulfide) groups is 1. The molecule has 2 aromatic carbocycles. The molecule has 2 aromatic rings. The van der Waals surface area contributed by atoms with Crippen molar-refractivity contribution in [3.63, 3.8) is 0 Å². The van der Waals surface area contributed by atoms with Crippen molar-refractivity contribution in [3.05, 3.63) is 53.1 Å². The molecular formula is C17H15ClN2O3S2. The van der Waals surface area contributed by atoms with Crippen molar-refractivity contribution in [1.82, 2.24) is 5.32 Å². The van der Waals surface area contributed by atoms with Crippen LogP contribution in [0.25, 0.3) is 11.1 Å². The summed E-state index contributed by atoms with van der Waals surface area (Å²) in [5.41, 5.74) is 1.86. The smallest absolute Gasteiger partial charge is 0.257 e. The van der Waals surface area contributed by atoms with E-state index in [4.69, 9.17) is 11.6 Å². The second-order valence-corrected chi connectivity index (χ2v) is 8.99. The number of nitrogens with zero attached hydrogens (tertiary/aromatic N) is 1. The van der Waals surface area contributed by atoms with Crippen LogP contribution in [-0.4, -0.2) is 38.0 Å². The second kappa shape index (κ2) is 7.19. The van der Waals surface area contributed by atoms with E-state index in [2.05, 4.69) is 10.3 Å². The highest BCUT2D eigenvalue weighted by molar-refractivity contribution is 8.14. The Hall–Kier alpha value is -1.83. The number of sulfone groups is 1. The third-order valence-electron chi connectivity index (χ3n) is 3.63. The van der Waals surface area contributed by atoms with Gasteiger partial charge in [0.25, 0.3) is 5.91 Å². The van der Waals surface area contributed by atoms with E-state index in [1.54, 1.807) is 30.3 Å². The Morgan fingerprint density at radius 1 is 1.20 bits per heavy atom. The Labute approximate surface area is 155 Å². The Morgan fingerprint density at radius 3 is 2.52 bits per heavy atom. The molecular weight excluding hydrogens is 380 g/mol. The standard InChI is InChI=1S/C17H15ClN2O3S2/c1-25(22,23)13-5-2-11(3-6-13)14-10-12(4-7-15(14)18)16(21)20-17-19-8-9-24-17/h2-7,10H,8-9H2,1H3,(H,19,20,21). The van der Waals surface area contributed by atoms with Gasteiger partial charge in [-0.15, -0.1) is 0 Å². The first kappa shape index (κ1) is 18.0. The van der Waals surface area contributed by atoms with E-state index in [-0.39, 0.29) is 10.8 Å². The predicted molar refractivity (Wildman–Crippen MR) is 102 cm³/mol. The molecule has 1 aliphatic rings. The number of hydrogen-bond acceptors (Lipinski definition) is 5. The van der Waals surface area contributed by atoms with Crippen molar-refractivity contribution < 1.29 is 13.2 Å². The molecule has 8 heteroatoms. The first-order valence-electron chi connectivity index (χ1n) is 7.43. The zero-order chi connectivity index (χ0) is 18.0. The van der Waals surface area contributed by atoms with Gasteiger partial charge in [-0.2, -0.15) is 0 Å². The molecule has 0 saturated carbocycles. The van der Waals surface area contributed by atoms with Crippen LogP contribution in [-0.2, 0) is 9.84 Å². The summed E-state index contributed by atoms with van der Waals surface area (Å²) in [5.74, 6) is 0.618. The van der Waals surface area contributed by atoms with Crippen LogP contribution in [0.4, 0.5) is 0 Å². The molecule has 25 heavy (non-hydrogen) atoms. The molecule has 1 aliphatic heterocycles. The lowest BCUT2D eigenvalue weighted by Crippen LogP contribution is -2.27. The van der Waals surface area contributed by atoms with Crippen LogP contribution >= 0.6 is 23.4 Å². The predicted octanol–water partition coefficient (Wildman–Crippen LogP) is 3.24. The number of rotatable bonds is 3. The monoisotopic (exact) mass is 394 g/mol. The van der Waals surface area contributed by atoms with Crippen molar-refractivity contribution >= 4 is 44.3 Å². The minimum absolute atomic E-state index is 0.234. The molecule has 0 spiro atoms. The SMILES string of the molecule is CS(=O)(=O)c1ccc(-c2cc(C(=O)NC3=NCCS3)ccc2Cl)cc1. The average Bonchev–Trinajstić information content (AvgIpc) is 3.07. The minimum Gasteiger partial charge on any atom is -0.301 e. The first-order chi connectivity index (χ1) is 11.8. The Morgan fingerprint density at radius 2 is 1.92 bits per heavy atom. The number of aliphatic imine (C=N–C) groups is 1. The van der Waals surface area contributed by atoms with E-state index in [9.17, 15) is 13.2 Å². The molecule has 1 amide bonds. The summed E-state index contributed by atoms with van der Waals surface area (Å²) >= 11 is 7.77. The second-order valence-electron chi connectivity index (χ2n) is 5.48. The molecule has 0 radical (unpaired) electrons. The zero-order valence-electron chi connectivity index (χ0n) is 13.3. The van der Waals surface area contributed by atoms with Gasteiger partial charge >= 0.3 is 0 Å². The van der Waals surface area contributed by atoms with E-state index in [1.807, 2.05) is 0 Å². The van der Waals surface area contributed by atoms with Gasteiger partial charge in [0.05, 0.1) is 11.4 Å². The van der Waals surface area contributed by atoms with Gasteiger partial charge in [-0.1, -0.05) is 35.5 Å². The van der Waals surface area contributed by atoms with Crippen LogP contribution in [0.15, 0.2) is 52.4 Å². The first-order valence-corrected chi connectivity index (χ1v) is 10.7. The highest BCUT2D eigenvalue weighted by Gasteiger charge is 2.15. The molecule has 1 N–H and O–H groups in total. The number of carbonyl (C=O) groups is 1. The number of nitrogens with one attached hydrogen (secondary N) is 1. The quantitative estimate of drug-likeness (QED) is 0.867. The molecule has 0 bridgehead atoms. The molecule has 1 heterocycles. The van der Waals surface area contributed by atoms with Gasteiger partial charge < -0.3 is 5.32 Å². The van der Waals surface area contributed by atoms with E-state index >= 15 is 0 Å². The summed E-state index contributed by atoms with van der Waals surface area (Å²) in [6, 6.07) is 11.4. The number of hydrogen-bond donors (Lipinski definition) is 1. The fraction of sp³-hybridized carbons (Fsp3) is 0.176. The van der Waals surface area contributed by atoms with Crippen molar-refractivity contribution in [2.45, 2.75) is 4.90 Å². The van der Waals surface area contributed by atoms with Crippen molar-refractivity contribution in [1.29, 1.82) is 0 Å². The number of carbonyl (C=O) groups excluding carboxylic acids is 1. The van der Waals surface area contributed by atoms with Gasteiger partial charge in [-0.25, -0.2) is 8.42 Å². The van der Waals surface area contributed by atoms with E-state index in [0.29, 0.717) is 27.9 Å². The van der Waals surface area contributed by atoms with Crippen LogP contribution in [0, 0.1) is 0 Å². The van der Waals surface area contributed by atoms with E-state index in [1.165, 1.54) is 23.9 Å². The van der Waals surface area contributed by atoms with E-state index < -0.39 is 9.84 Å². The van der Waals surface area contributed by atoms with E-state index in [0.717, 1.165) is 17.6 Å². The van der Waals surface area contributed by atoms with Gasteiger partial charge in [0.1, 0.15) is 0 Å². The number of amidine groups is 1. The Balaban J connectivity index is 1.90. The lowest BCUT2D eigenvalue weighted by molar-refractivity contribution is 0.0978. The van der Waals surface area contributed by atoms with Crippen molar-refractivity contribution in [2.75, 3.05) is 18.6 Å². The summed E-state index contributed by atoms with van der Waals surface area (Å²) in [7, 11) is -3.26. The van der Waals surface area contributed by atoms with Gasteiger partial charge in [-0.3, -0.25) is 9.79 Å². The molecule has 3 rings (SSSR count). The van der Waals surface area contributed by atoms with Crippen LogP contribution in [0.5, 0.6) is 0 Å². The largest absolute Gasteiger partial charge is 0.301 e. The third kappa shape index (κ3) is 4.23. The summed E-state index contributed by atoms with van der Waals surface area (Å²) in [6.07, 6.45) is 1.16. The topological polar surface area (TPSA) is 75.6 Å². The fourth-order valence-electron chi connectivity index (χ4n) is 2.35. The molecule has 0 aliphatic carbocycles. The third-order valence-corrected chi connectivity index (χ3v) is 5.98. The fourth-order valence-corrected chi connectivity index (χ4v) is 3.93. The zero-order valence-corrected chi connectivity index (χ0v) is 15.7. The van der Waals surface area contributed by atoms with Crippen molar-refractivity contribution in [3.8, 4) is 11.1 Å². The van der Waals surface area contributed by atoms with Crippen LogP contribution in [0.1, 0.15) is 10.4 Å². The molecule has 0 fully saturated rings. The highest BCUT2D eigenvalue weighted by Crippen LogP contribution is 2.30. The van der Waals surface area contributed by atoms with Gasteiger partial charge in [0.2, 0.25) is 0 Å². The Kier molecular flexibility index (Phi) is 5.17. The van der Waals surface area contributed by atoms with Crippen LogP contribution < -0.4 is 5.32 Å². The lowest BCUT2D eigenvalue weighted by atomic mass is 10.0. The molecule has 0 atom stereocenters. The number of amides is 1. The average molecular weight is 395 g/mol. The maximum absolute atomic E-state index is 12.4. The maximum Gasteiger partial charge on any atom is 0.257 e. The van der Waals surface area contributed by atoms with Gasteiger partial charge in [0.15, 0.2) is 15.0 Å². The summed E-state index contributed by atoms with van der Waals surface area (Å²) in [5, 5.41) is 3.88. The summed E-state index contributed by atoms with van der Waals surface area (Å²) in [4.78, 5) is 16.8. The van der Waals surface area contributed by atoms with Crippen LogP contribution in [0.2, 0.25) is 5.02 Å². The Bertz CT molecular complexity index is 954. The van der Waals surface area contributed by atoms with Crippen LogP contribution in [0.3, 0.4) is 0 Å². The number of halogens is 1. The molecule has 5 nitrogen and oxygen atoms in total. The molecule has 0 aromatic heterocycles. The van der Waals surface area contributed by atoms with Crippen molar-refractivity contribution in [2.24, 2.45) is 4.99 Å². The van der Waals surface area contributed by atoms with Gasteiger partial charge in [0, 0.05) is 28.2 Å². The maximum atomic E-state index is 12.4. The summed E-state index contributed by atoms with van der Waals surface area (Å²) in [6.45, 7) is 0.707. The normalized spacial score (nSPS) is 14.2. The molecule has 130 valence electrons. The number of benzene rings is 2.